The van der Waals surface area contributed by atoms with Crippen LogP contribution in [0.3, 0.4) is 0 Å². The van der Waals surface area contributed by atoms with Crippen LogP contribution in [0, 0.1) is 12.7 Å². The molecule has 4 rings (SSSR count). The van der Waals surface area contributed by atoms with Crippen LogP contribution in [0.25, 0.3) is 28.7 Å². The van der Waals surface area contributed by atoms with Gasteiger partial charge in [0.25, 0.3) is 5.89 Å². The van der Waals surface area contributed by atoms with Gasteiger partial charge in [-0.25, -0.2) is 9.07 Å². The minimum absolute atomic E-state index is 0.169. The minimum atomic E-state index is -0.413. The molecule has 25 heavy (non-hydrogen) atoms. The minimum Gasteiger partial charge on any atom is -0.332 e. The summed E-state index contributed by atoms with van der Waals surface area (Å²) in [5.41, 5.74) is 2.29. The molecule has 0 aliphatic rings. The van der Waals surface area contributed by atoms with Gasteiger partial charge in [-0.2, -0.15) is 4.98 Å². The van der Waals surface area contributed by atoms with Crippen molar-refractivity contribution in [3.8, 4) is 28.7 Å². The molecule has 0 amide bonds. The molecule has 0 aliphatic carbocycles. The van der Waals surface area contributed by atoms with Gasteiger partial charge in [0.15, 0.2) is 5.69 Å². The number of para-hydroxylation sites is 1. The van der Waals surface area contributed by atoms with Crippen LogP contribution in [0.1, 0.15) is 5.69 Å². The molecule has 124 valence electrons. The highest BCUT2D eigenvalue weighted by atomic mass is 79.9. The van der Waals surface area contributed by atoms with E-state index >= 15 is 0 Å². The van der Waals surface area contributed by atoms with Crippen LogP contribution in [0.2, 0.25) is 0 Å². The van der Waals surface area contributed by atoms with Crippen LogP contribution in [-0.4, -0.2) is 25.1 Å². The molecule has 0 saturated heterocycles. The van der Waals surface area contributed by atoms with Gasteiger partial charge in [-0.05, 0) is 47.1 Å². The summed E-state index contributed by atoms with van der Waals surface area (Å²) < 4.78 is 21.7. The predicted octanol–water partition coefficient (Wildman–Crippen LogP) is 4.19. The third kappa shape index (κ3) is 2.74. The fraction of sp³-hybridized carbons (Fsp3) is 0.0588. The average molecular weight is 400 g/mol. The third-order valence-corrected chi connectivity index (χ3v) is 4.39. The highest BCUT2D eigenvalue weighted by molar-refractivity contribution is 9.10. The zero-order valence-corrected chi connectivity index (χ0v) is 14.6. The van der Waals surface area contributed by atoms with Crippen molar-refractivity contribution in [1.82, 2.24) is 25.1 Å². The summed E-state index contributed by atoms with van der Waals surface area (Å²) in [5, 5.41) is 12.1. The van der Waals surface area contributed by atoms with E-state index in [1.165, 1.54) is 6.07 Å². The van der Waals surface area contributed by atoms with Crippen LogP contribution in [-0.2, 0) is 0 Å². The fourth-order valence-electron chi connectivity index (χ4n) is 2.45. The van der Waals surface area contributed by atoms with Crippen LogP contribution in [0.15, 0.2) is 57.5 Å². The first-order valence-electron chi connectivity index (χ1n) is 7.41. The van der Waals surface area contributed by atoms with E-state index in [9.17, 15) is 4.39 Å². The average Bonchev–Trinajstić information content (AvgIpc) is 3.23. The monoisotopic (exact) mass is 399 g/mol. The summed E-state index contributed by atoms with van der Waals surface area (Å²) in [7, 11) is 0. The van der Waals surface area contributed by atoms with Gasteiger partial charge < -0.3 is 4.52 Å². The summed E-state index contributed by atoms with van der Waals surface area (Å²) >= 11 is 3.49. The van der Waals surface area contributed by atoms with E-state index in [2.05, 4.69) is 36.4 Å². The molecule has 0 fully saturated rings. The first-order valence-corrected chi connectivity index (χ1v) is 8.20. The van der Waals surface area contributed by atoms with Crippen LogP contribution < -0.4 is 0 Å². The molecule has 2 aromatic carbocycles. The number of hydrogen-bond donors (Lipinski definition) is 0. The lowest BCUT2D eigenvalue weighted by atomic mass is 10.2. The molecule has 0 atom stereocenters. The number of hydrogen-bond acceptors (Lipinski definition) is 5. The van der Waals surface area contributed by atoms with Gasteiger partial charge in [-0.15, -0.1) is 5.10 Å². The van der Waals surface area contributed by atoms with Crippen molar-refractivity contribution in [3.63, 3.8) is 0 Å². The van der Waals surface area contributed by atoms with Crippen LogP contribution in [0.4, 0.5) is 4.39 Å². The van der Waals surface area contributed by atoms with Crippen molar-refractivity contribution in [2.24, 2.45) is 0 Å². The van der Waals surface area contributed by atoms with Crippen molar-refractivity contribution in [3.05, 3.63) is 64.5 Å². The Morgan fingerprint density at radius 1 is 1.08 bits per heavy atom. The van der Waals surface area contributed by atoms with Crippen molar-refractivity contribution in [1.29, 1.82) is 0 Å². The van der Waals surface area contributed by atoms with Gasteiger partial charge in [-0.3, -0.25) is 0 Å². The maximum atomic E-state index is 13.9. The summed E-state index contributed by atoms with van der Waals surface area (Å²) in [4.78, 5) is 4.26. The van der Waals surface area contributed by atoms with E-state index in [1.54, 1.807) is 22.9 Å². The quantitative estimate of drug-likeness (QED) is 0.516. The Balaban J connectivity index is 1.75. The molecule has 0 radical (unpaired) electrons. The second-order valence-corrected chi connectivity index (χ2v) is 6.14. The molecular weight excluding hydrogens is 389 g/mol. The molecule has 0 N–H and O–H groups in total. The Hall–Kier alpha value is -2.87. The lowest BCUT2D eigenvalue weighted by Crippen LogP contribution is -1.99. The van der Waals surface area contributed by atoms with E-state index < -0.39 is 5.82 Å². The standard InChI is InChI=1S/C17H11BrFN5O/c1-10-15(21-23-24(10)14-9-5-3-7-12(14)18)17-20-16(22-25-17)11-6-2-4-8-13(11)19/h2-9H,1H3. The molecule has 0 aliphatic heterocycles. The molecule has 2 heterocycles. The van der Waals surface area contributed by atoms with Crippen LogP contribution in [0.5, 0.6) is 0 Å². The predicted molar refractivity (Wildman–Crippen MR) is 92.5 cm³/mol. The first kappa shape index (κ1) is 15.6. The van der Waals surface area contributed by atoms with Crippen molar-refractivity contribution >= 4 is 15.9 Å². The van der Waals surface area contributed by atoms with Gasteiger partial charge in [0.2, 0.25) is 5.82 Å². The summed E-state index contributed by atoms with van der Waals surface area (Å²) in [6, 6.07) is 13.9. The SMILES string of the molecule is Cc1c(-c2nc(-c3ccccc3F)no2)nnn1-c1ccccc1Br. The van der Waals surface area contributed by atoms with E-state index in [0.717, 1.165) is 15.9 Å². The maximum absolute atomic E-state index is 13.9. The van der Waals surface area contributed by atoms with E-state index in [1.807, 2.05) is 31.2 Å². The Kier molecular flexibility index (Phi) is 3.89. The zero-order valence-electron chi connectivity index (χ0n) is 13.0. The second-order valence-electron chi connectivity index (χ2n) is 5.29. The number of rotatable bonds is 3. The molecular formula is C17H11BrFN5O. The molecule has 4 aromatic rings. The summed E-state index contributed by atoms with van der Waals surface area (Å²) in [6.07, 6.45) is 0. The normalized spacial score (nSPS) is 11.0. The first-order chi connectivity index (χ1) is 12.1. The van der Waals surface area contributed by atoms with Gasteiger partial charge >= 0.3 is 0 Å². The molecule has 0 spiro atoms. The number of nitrogens with zero attached hydrogens (tertiary/aromatic N) is 5. The Bertz CT molecular complexity index is 1060. The van der Waals surface area contributed by atoms with Gasteiger partial charge in [0, 0.05) is 4.47 Å². The van der Waals surface area contributed by atoms with Gasteiger partial charge in [0.1, 0.15) is 5.82 Å². The highest BCUT2D eigenvalue weighted by Crippen LogP contribution is 2.27. The van der Waals surface area contributed by atoms with Crippen molar-refractivity contribution < 1.29 is 8.91 Å². The number of halogens is 2. The lowest BCUT2D eigenvalue weighted by Gasteiger charge is -2.04. The second kappa shape index (κ2) is 6.21. The molecule has 0 unspecified atom stereocenters. The largest absolute Gasteiger partial charge is 0.332 e. The molecule has 0 bridgehead atoms. The highest BCUT2D eigenvalue weighted by Gasteiger charge is 2.20. The Morgan fingerprint density at radius 2 is 1.84 bits per heavy atom. The van der Waals surface area contributed by atoms with Crippen LogP contribution >= 0.6 is 15.9 Å². The number of benzene rings is 2. The molecule has 8 heteroatoms. The summed E-state index contributed by atoms with van der Waals surface area (Å²) in [5.74, 6) is -0.0551. The topological polar surface area (TPSA) is 69.6 Å². The zero-order chi connectivity index (χ0) is 17.4. The fourth-order valence-corrected chi connectivity index (χ4v) is 2.90. The van der Waals surface area contributed by atoms with Crippen molar-refractivity contribution in [2.75, 3.05) is 0 Å². The lowest BCUT2D eigenvalue weighted by molar-refractivity contribution is 0.430. The molecule has 2 aromatic heterocycles. The van der Waals surface area contributed by atoms with Gasteiger partial charge in [-0.1, -0.05) is 34.6 Å². The Morgan fingerprint density at radius 3 is 2.64 bits per heavy atom. The summed E-state index contributed by atoms with van der Waals surface area (Å²) in [6.45, 7) is 1.85. The van der Waals surface area contributed by atoms with E-state index in [-0.39, 0.29) is 17.3 Å². The smallest absolute Gasteiger partial charge is 0.280 e. The molecule has 6 nitrogen and oxygen atoms in total. The van der Waals surface area contributed by atoms with E-state index in [0.29, 0.717) is 5.69 Å². The van der Waals surface area contributed by atoms with Gasteiger partial charge in [0.05, 0.1) is 16.9 Å². The third-order valence-electron chi connectivity index (χ3n) is 3.72. The van der Waals surface area contributed by atoms with Crippen molar-refractivity contribution in [2.45, 2.75) is 6.92 Å². The number of aromatic nitrogens is 5. The maximum Gasteiger partial charge on any atom is 0.280 e. The van der Waals surface area contributed by atoms with E-state index in [4.69, 9.17) is 4.52 Å². The molecule has 0 saturated carbocycles. The Labute approximate surface area is 150 Å².